The zero-order valence-corrected chi connectivity index (χ0v) is 11.5. The highest BCUT2D eigenvalue weighted by Gasteiger charge is 2.27. The lowest BCUT2D eigenvalue weighted by Gasteiger charge is -2.32. The number of carboxylic acids is 1. The fourth-order valence-corrected chi connectivity index (χ4v) is 2.79. The number of carboxylic acid groups (broad SMARTS) is 1. The monoisotopic (exact) mass is 276 g/mol. The van der Waals surface area contributed by atoms with Crippen molar-refractivity contribution in [3.05, 3.63) is 18.2 Å². The van der Waals surface area contributed by atoms with Crippen molar-refractivity contribution in [2.75, 3.05) is 18.0 Å². The van der Waals surface area contributed by atoms with Crippen LogP contribution in [0.25, 0.3) is 0 Å². The van der Waals surface area contributed by atoms with Gasteiger partial charge in [0.2, 0.25) is 5.88 Å². The first-order chi connectivity index (χ1) is 9.72. The molecule has 0 radical (unpaired) electrons. The van der Waals surface area contributed by atoms with E-state index in [0.717, 1.165) is 31.7 Å². The van der Waals surface area contributed by atoms with Crippen LogP contribution in [-0.4, -0.2) is 35.3 Å². The molecular formula is C15H20N2O3. The van der Waals surface area contributed by atoms with Gasteiger partial charge in [-0.2, -0.15) is 4.98 Å². The molecule has 1 N–H and O–H groups in total. The fraction of sp³-hybridized carbons (Fsp3) is 0.600. The molecule has 2 heterocycles. The number of anilines is 1. The Labute approximate surface area is 118 Å². The number of pyridine rings is 1. The Hall–Kier alpha value is -1.78. The minimum absolute atomic E-state index is 0.102. The van der Waals surface area contributed by atoms with Crippen molar-refractivity contribution in [2.45, 2.75) is 38.2 Å². The van der Waals surface area contributed by atoms with Gasteiger partial charge < -0.3 is 14.7 Å². The van der Waals surface area contributed by atoms with Crippen molar-refractivity contribution in [3.63, 3.8) is 0 Å². The third-order valence-electron chi connectivity index (χ3n) is 4.20. The van der Waals surface area contributed by atoms with Crippen LogP contribution in [0.5, 0.6) is 5.88 Å². The molecule has 5 nitrogen and oxygen atoms in total. The topological polar surface area (TPSA) is 62.7 Å². The van der Waals surface area contributed by atoms with Crippen LogP contribution in [0.3, 0.4) is 0 Å². The summed E-state index contributed by atoms with van der Waals surface area (Å²) in [6, 6.07) is 5.86. The van der Waals surface area contributed by atoms with Gasteiger partial charge in [0.25, 0.3) is 0 Å². The second kappa shape index (κ2) is 5.69. The molecule has 1 saturated carbocycles. The van der Waals surface area contributed by atoms with Crippen molar-refractivity contribution in [2.24, 2.45) is 5.92 Å². The smallest absolute Gasteiger partial charge is 0.306 e. The third-order valence-corrected chi connectivity index (χ3v) is 4.20. The summed E-state index contributed by atoms with van der Waals surface area (Å²) in [6.45, 7) is 2.14. The maximum absolute atomic E-state index is 10.9. The van der Waals surface area contributed by atoms with Crippen molar-refractivity contribution in [1.82, 2.24) is 4.98 Å². The number of aromatic nitrogens is 1. The minimum Gasteiger partial charge on any atom is -0.481 e. The van der Waals surface area contributed by atoms with Gasteiger partial charge in [0.15, 0.2) is 0 Å². The maximum atomic E-state index is 10.9. The zero-order chi connectivity index (χ0) is 13.9. The first-order valence-electron chi connectivity index (χ1n) is 7.34. The van der Waals surface area contributed by atoms with E-state index in [0.29, 0.717) is 18.7 Å². The number of nitrogens with zero attached hydrogens (tertiary/aromatic N) is 2. The van der Waals surface area contributed by atoms with E-state index in [1.807, 2.05) is 18.2 Å². The SMILES string of the molecule is O=C(O)[C@H]1CC[C@H](Oc2cccc(N3CCC3)n2)CC1. The summed E-state index contributed by atoms with van der Waals surface area (Å²) >= 11 is 0. The Morgan fingerprint density at radius 3 is 2.60 bits per heavy atom. The van der Waals surface area contributed by atoms with E-state index < -0.39 is 5.97 Å². The van der Waals surface area contributed by atoms with Crippen LogP contribution in [0.4, 0.5) is 5.82 Å². The molecule has 0 bridgehead atoms. The Kier molecular flexibility index (Phi) is 3.76. The predicted molar refractivity (Wildman–Crippen MR) is 75.1 cm³/mol. The van der Waals surface area contributed by atoms with Crippen LogP contribution in [0.15, 0.2) is 18.2 Å². The molecule has 20 heavy (non-hydrogen) atoms. The number of ether oxygens (including phenoxy) is 1. The minimum atomic E-state index is -0.679. The lowest BCUT2D eigenvalue weighted by Crippen LogP contribution is -2.37. The molecule has 2 aliphatic rings. The summed E-state index contributed by atoms with van der Waals surface area (Å²) in [4.78, 5) is 17.7. The number of hydrogen-bond donors (Lipinski definition) is 1. The standard InChI is InChI=1S/C15H20N2O3/c18-15(19)11-5-7-12(8-6-11)20-14-4-1-3-13(16-14)17-9-2-10-17/h1,3-4,11-12H,2,5-10H2,(H,18,19)/t11-,12-. The van der Waals surface area contributed by atoms with Crippen molar-refractivity contribution in [3.8, 4) is 5.88 Å². The summed E-state index contributed by atoms with van der Waals surface area (Å²) in [5.74, 6) is 0.762. The molecular weight excluding hydrogens is 256 g/mol. The lowest BCUT2D eigenvalue weighted by molar-refractivity contribution is -0.143. The Morgan fingerprint density at radius 2 is 2.00 bits per heavy atom. The summed E-state index contributed by atoms with van der Waals surface area (Å²) in [5, 5.41) is 8.99. The summed E-state index contributed by atoms with van der Waals surface area (Å²) in [5.41, 5.74) is 0. The van der Waals surface area contributed by atoms with Gasteiger partial charge in [-0.05, 0) is 38.2 Å². The number of rotatable bonds is 4. The highest BCUT2D eigenvalue weighted by atomic mass is 16.5. The van der Waals surface area contributed by atoms with Crippen LogP contribution in [-0.2, 0) is 4.79 Å². The molecule has 1 saturated heterocycles. The molecule has 1 aromatic rings. The van der Waals surface area contributed by atoms with Crippen LogP contribution in [0.1, 0.15) is 32.1 Å². The van der Waals surface area contributed by atoms with Gasteiger partial charge in [0.05, 0.1) is 5.92 Å². The van der Waals surface area contributed by atoms with Crippen molar-refractivity contribution < 1.29 is 14.6 Å². The largest absolute Gasteiger partial charge is 0.481 e. The van der Waals surface area contributed by atoms with Crippen LogP contribution < -0.4 is 9.64 Å². The van der Waals surface area contributed by atoms with Crippen LogP contribution in [0.2, 0.25) is 0 Å². The molecule has 5 heteroatoms. The van der Waals surface area contributed by atoms with Gasteiger partial charge in [-0.1, -0.05) is 6.07 Å². The molecule has 3 rings (SSSR count). The van der Waals surface area contributed by atoms with E-state index in [1.165, 1.54) is 6.42 Å². The van der Waals surface area contributed by atoms with Gasteiger partial charge in [-0.3, -0.25) is 4.79 Å². The summed E-state index contributed by atoms with van der Waals surface area (Å²) < 4.78 is 5.91. The number of hydrogen-bond acceptors (Lipinski definition) is 4. The van der Waals surface area contributed by atoms with Crippen molar-refractivity contribution in [1.29, 1.82) is 0 Å². The van der Waals surface area contributed by atoms with Gasteiger partial charge in [-0.25, -0.2) is 0 Å². The van der Waals surface area contributed by atoms with E-state index in [2.05, 4.69) is 9.88 Å². The molecule has 0 amide bonds. The van der Waals surface area contributed by atoms with E-state index in [-0.39, 0.29) is 12.0 Å². The molecule has 0 aromatic carbocycles. The molecule has 1 aliphatic heterocycles. The first kappa shape index (κ1) is 13.2. The van der Waals surface area contributed by atoms with E-state index in [1.54, 1.807) is 0 Å². The number of carbonyl (C=O) groups is 1. The van der Waals surface area contributed by atoms with Crippen molar-refractivity contribution >= 4 is 11.8 Å². The van der Waals surface area contributed by atoms with Crippen LogP contribution in [0, 0.1) is 5.92 Å². The second-order valence-corrected chi connectivity index (χ2v) is 5.60. The Balaban J connectivity index is 1.57. The number of aliphatic carboxylic acids is 1. The average Bonchev–Trinajstić information content (AvgIpc) is 2.38. The zero-order valence-electron chi connectivity index (χ0n) is 11.5. The maximum Gasteiger partial charge on any atom is 0.306 e. The van der Waals surface area contributed by atoms with Gasteiger partial charge in [0.1, 0.15) is 11.9 Å². The van der Waals surface area contributed by atoms with E-state index in [9.17, 15) is 4.79 Å². The molecule has 0 spiro atoms. The highest BCUT2D eigenvalue weighted by molar-refractivity contribution is 5.70. The molecule has 2 fully saturated rings. The molecule has 1 aliphatic carbocycles. The molecule has 1 aromatic heterocycles. The van der Waals surface area contributed by atoms with Gasteiger partial charge >= 0.3 is 5.97 Å². The van der Waals surface area contributed by atoms with E-state index >= 15 is 0 Å². The highest BCUT2D eigenvalue weighted by Crippen LogP contribution is 2.28. The normalized spacial score (nSPS) is 25.9. The van der Waals surface area contributed by atoms with Crippen LogP contribution >= 0.6 is 0 Å². The quantitative estimate of drug-likeness (QED) is 0.914. The van der Waals surface area contributed by atoms with E-state index in [4.69, 9.17) is 9.84 Å². The molecule has 108 valence electrons. The predicted octanol–water partition coefficient (Wildman–Crippen LogP) is 2.31. The third kappa shape index (κ3) is 2.86. The lowest BCUT2D eigenvalue weighted by atomic mass is 9.87. The summed E-state index contributed by atoms with van der Waals surface area (Å²) in [6.07, 6.45) is 4.33. The molecule has 0 unspecified atom stereocenters. The van der Waals surface area contributed by atoms with Gasteiger partial charge in [-0.15, -0.1) is 0 Å². The molecule has 0 atom stereocenters. The first-order valence-corrected chi connectivity index (χ1v) is 7.34. The fourth-order valence-electron chi connectivity index (χ4n) is 2.79. The van der Waals surface area contributed by atoms with Gasteiger partial charge in [0, 0.05) is 19.2 Å². The second-order valence-electron chi connectivity index (χ2n) is 5.60. The Morgan fingerprint density at radius 1 is 1.25 bits per heavy atom. The average molecular weight is 276 g/mol. The Bertz CT molecular complexity index is 480. The summed E-state index contributed by atoms with van der Waals surface area (Å²) in [7, 11) is 0.